The highest BCUT2D eigenvalue weighted by Crippen LogP contribution is 2.39. The monoisotopic (exact) mass is 841 g/mol. The van der Waals surface area contributed by atoms with E-state index in [2.05, 4.69) is 20.2 Å². The number of carbonyl (C=O) groups is 4. The molecule has 0 amide bonds. The van der Waals surface area contributed by atoms with Crippen molar-refractivity contribution >= 4 is 35.0 Å². The Labute approximate surface area is 354 Å². The van der Waals surface area contributed by atoms with Crippen LogP contribution in [-0.4, -0.2) is 148 Å². The lowest BCUT2D eigenvalue weighted by molar-refractivity contribution is -0.295. The number of hydrogen-bond acceptors (Lipinski definition) is 16. The summed E-state index contributed by atoms with van der Waals surface area (Å²) in [5.74, 6) is -5.16. The second-order valence-electron chi connectivity index (χ2n) is 18.1. The molecule has 2 aromatic rings. The molecule has 3 saturated heterocycles. The second kappa shape index (κ2) is 19.2. The van der Waals surface area contributed by atoms with E-state index in [1.165, 1.54) is 20.2 Å². The number of hydrogen-bond donors (Lipinski definition) is 3. The molecule has 3 aliphatic heterocycles. The van der Waals surface area contributed by atoms with Crippen LogP contribution in [0.2, 0.25) is 0 Å². The van der Waals surface area contributed by atoms with Gasteiger partial charge in [-0.05, 0) is 80.1 Å². The van der Waals surface area contributed by atoms with Crippen LogP contribution in [-0.2, 0) is 49.4 Å². The maximum Gasteiger partial charge on any atom is 0.316 e. The fourth-order valence-electron chi connectivity index (χ4n) is 9.64. The van der Waals surface area contributed by atoms with Gasteiger partial charge in [-0.2, -0.15) is 0 Å². The van der Waals surface area contributed by atoms with Crippen LogP contribution in [0.1, 0.15) is 85.9 Å². The first-order chi connectivity index (χ1) is 28.2. The lowest BCUT2D eigenvalue weighted by Gasteiger charge is -2.49. The van der Waals surface area contributed by atoms with E-state index in [0.717, 1.165) is 5.69 Å². The molecule has 3 N–H and O–H groups in total. The molecule has 60 heavy (non-hydrogen) atoms. The van der Waals surface area contributed by atoms with Gasteiger partial charge in [0.15, 0.2) is 17.7 Å². The molecule has 16 nitrogen and oxygen atoms in total. The molecule has 0 aliphatic carbocycles. The zero-order chi connectivity index (χ0) is 44.4. The molecule has 5 rings (SSSR count). The Morgan fingerprint density at radius 3 is 2.37 bits per heavy atom. The summed E-state index contributed by atoms with van der Waals surface area (Å²) in [5.41, 5.74) is -0.0939. The highest BCUT2D eigenvalue weighted by molar-refractivity contribution is 6.00. The number of Topliss-reactive ketones (excluding diaryl/α,β-unsaturated/α-hetero) is 2. The number of pyridine rings is 2. The fraction of sp³-hybridized carbons (Fsp3) is 0.727. The van der Waals surface area contributed by atoms with Crippen molar-refractivity contribution in [3.8, 4) is 5.75 Å². The van der Waals surface area contributed by atoms with Crippen LogP contribution < -0.4 is 5.32 Å². The number of aromatic nitrogens is 2. The Bertz CT molecular complexity index is 1850. The molecule has 0 aromatic carbocycles. The van der Waals surface area contributed by atoms with E-state index < -0.39 is 77.3 Å². The van der Waals surface area contributed by atoms with Crippen LogP contribution in [0.4, 0.5) is 0 Å². The zero-order valence-corrected chi connectivity index (χ0v) is 37.3. The van der Waals surface area contributed by atoms with Crippen molar-refractivity contribution in [1.82, 2.24) is 25.1 Å². The lowest BCUT2D eigenvalue weighted by atomic mass is 9.73. The van der Waals surface area contributed by atoms with Gasteiger partial charge in [0.2, 0.25) is 0 Å². The predicted molar refractivity (Wildman–Crippen MR) is 222 cm³/mol. The molecule has 2 aromatic heterocycles. The van der Waals surface area contributed by atoms with E-state index in [1.54, 1.807) is 41.5 Å². The Hall–Kier alpha value is -3.64. The third-order valence-electron chi connectivity index (χ3n) is 13.3. The Morgan fingerprint density at radius 1 is 1.07 bits per heavy atom. The number of esters is 1. The van der Waals surface area contributed by atoms with Gasteiger partial charge in [0, 0.05) is 67.8 Å². The fourth-order valence-corrected chi connectivity index (χ4v) is 9.64. The number of likely N-dealkylation sites (tertiary alicyclic amines) is 1. The van der Waals surface area contributed by atoms with Gasteiger partial charge in [-0.25, -0.2) is 0 Å². The number of ether oxygens (including phenoxy) is 5. The number of aliphatic hydroxyl groups is 1. The molecule has 3 fully saturated rings. The van der Waals surface area contributed by atoms with Gasteiger partial charge in [-0.3, -0.25) is 34.0 Å². The molecule has 5 heterocycles. The largest absolute Gasteiger partial charge is 0.506 e. The average Bonchev–Trinajstić information content (AvgIpc) is 3.19. The van der Waals surface area contributed by atoms with Gasteiger partial charge in [-0.1, -0.05) is 27.7 Å². The molecule has 334 valence electrons. The van der Waals surface area contributed by atoms with E-state index in [4.69, 9.17) is 23.7 Å². The van der Waals surface area contributed by atoms with Crippen LogP contribution in [0.15, 0.2) is 18.3 Å². The predicted octanol–water partition coefficient (Wildman–Crippen LogP) is 3.34. The van der Waals surface area contributed by atoms with Crippen LogP contribution in [0.5, 0.6) is 5.75 Å². The number of nitrogens with zero attached hydrogens (tertiary/aromatic N) is 4. The number of methoxy groups -OCH3 is 1. The van der Waals surface area contributed by atoms with Crippen molar-refractivity contribution in [3.05, 3.63) is 29.6 Å². The van der Waals surface area contributed by atoms with Crippen LogP contribution in [0.3, 0.4) is 0 Å². The smallest absolute Gasteiger partial charge is 0.316 e. The summed E-state index contributed by atoms with van der Waals surface area (Å²) < 4.78 is 31.0. The van der Waals surface area contributed by atoms with Crippen molar-refractivity contribution in [2.45, 2.75) is 148 Å². The van der Waals surface area contributed by atoms with Crippen LogP contribution in [0, 0.1) is 30.6 Å². The molecule has 13 atom stereocenters. The van der Waals surface area contributed by atoms with Gasteiger partial charge in [0.25, 0.3) is 6.47 Å². The molecule has 0 radical (unpaired) electrons. The number of rotatable bonds is 11. The summed E-state index contributed by atoms with van der Waals surface area (Å²) in [5, 5.41) is 25.9. The summed E-state index contributed by atoms with van der Waals surface area (Å²) in [7, 11) is 5.21. The molecule has 0 unspecified atom stereocenters. The number of aryl methyl sites for hydroxylation is 1. The minimum Gasteiger partial charge on any atom is -0.506 e. The first-order valence-corrected chi connectivity index (χ1v) is 21.2. The number of aliphatic hydroxyl groups excluding tert-OH is 1. The topological polar surface area (TPSA) is 199 Å². The number of ketones is 2. The summed E-state index contributed by atoms with van der Waals surface area (Å²) in [6, 6.07) is 2.40. The quantitative estimate of drug-likeness (QED) is 0.169. The first kappa shape index (κ1) is 47.4. The van der Waals surface area contributed by atoms with Crippen molar-refractivity contribution in [3.63, 3.8) is 0 Å². The summed E-state index contributed by atoms with van der Waals surface area (Å²) in [4.78, 5) is 68.5. The molecule has 0 spiro atoms. The van der Waals surface area contributed by atoms with Gasteiger partial charge >= 0.3 is 5.97 Å². The number of nitrogens with one attached hydrogen (secondary N) is 1. The highest BCUT2D eigenvalue weighted by atomic mass is 16.7. The molecule has 0 bridgehead atoms. The van der Waals surface area contributed by atoms with Crippen molar-refractivity contribution in [1.29, 1.82) is 0 Å². The molecular formula is C44H67N5O11. The van der Waals surface area contributed by atoms with E-state index in [1.807, 2.05) is 45.0 Å². The van der Waals surface area contributed by atoms with Crippen molar-refractivity contribution in [2.24, 2.45) is 23.7 Å². The summed E-state index contributed by atoms with van der Waals surface area (Å²) >= 11 is 0. The average molecular weight is 842 g/mol. The third kappa shape index (κ3) is 9.69. The SMILES string of the molecule is CC[C@H]1OC(=O)[C@H](C)C(=O)[C@H](C)[C@@H](O[C@@H]2O[C@H](C)C[C@H](N(C)C)[C@H]2O)[C@](C)(OC)C[C@@H](C)C(=O)[C@H](C)[C@H](NC2CN(Cc3c(O)cnc4ccc(C)nc34)C2)[C@]1(C)OC=O. The lowest BCUT2D eigenvalue weighted by Crippen LogP contribution is -2.69. The van der Waals surface area contributed by atoms with Gasteiger partial charge in [0.1, 0.15) is 29.7 Å². The van der Waals surface area contributed by atoms with Gasteiger partial charge in [0.05, 0.1) is 41.1 Å². The number of fused-ring (bicyclic) bond motifs is 1. The Morgan fingerprint density at radius 2 is 1.75 bits per heavy atom. The number of aromatic hydroxyl groups is 1. The normalized spacial score (nSPS) is 36.8. The minimum absolute atomic E-state index is 0.0448. The van der Waals surface area contributed by atoms with E-state index >= 15 is 0 Å². The van der Waals surface area contributed by atoms with E-state index in [-0.39, 0.29) is 42.6 Å². The molecule has 0 saturated carbocycles. The third-order valence-corrected chi connectivity index (χ3v) is 13.3. The maximum absolute atomic E-state index is 14.8. The summed E-state index contributed by atoms with van der Waals surface area (Å²) in [6.45, 7) is 17.4. The number of likely N-dealkylation sites (N-methyl/N-ethyl adjacent to an activating group) is 1. The van der Waals surface area contributed by atoms with Gasteiger partial charge in [-0.15, -0.1) is 0 Å². The van der Waals surface area contributed by atoms with Crippen molar-refractivity contribution in [2.75, 3.05) is 34.3 Å². The Balaban J connectivity index is 1.48. The minimum atomic E-state index is -1.55. The van der Waals surface area contributed by atoms with Gasteiger partial charge < -0.3 is 44.1 Å². The van der Waals surface area contributed by atoms with Crippen LogP contribution >= 0.6 is 0 Å². The molecular weight excluding hydrogens is 775 g/mol. The first-order valence-electron chi connectivity index (χ1n) is 21.2. The summed E-state index contributed by atoms with van der Waals surface area (Å²) in [6.07, 6.45) is -2.31. The van der Waals surface area contributed by atoms with E-state index in [0.29, 0.717) is 49.1 Å². The number of carbonyl (C=O) groups excluding carboxylic acids is 4. The maximum atomic E-state index is 14.8. The molecule has 16 heteroatoms. The van der Waals surface area contributed by atoms with E-state index in [9.17, 15) is 29.4 Å². The van der Waals surface area contributed by atoms with Crippen molar-refractivity contribution < 1.29 is 53.1 Å². The highest BCUT2D eigenvalue weighted by Gasteiger charge is 2.54. The Kier molecular flexibility index (Phi) is 15.2. The second-order valence-corrected chi connectivity index (χ2v) is 18.1. The molecule has 3 aliphatic rings. The number of cyclic esters (lactones) is 1. The standard InChI is InChI=1S/C44H67N5O11/c1-13-34-44(9,57-22-50)39(47-29-19-49(20-29)21-30-33(51)18-45-31-15-14-24(3)46-35(30)31)26(5)36(52)23(2)17-43(8,56-12)40(27(6)37(53)28(7)41(55)59-34)60-42-38(54)32(48(10)11)16-25(4)58-42/h14-15,18,22-23,25-29,32,34,38-40,42,47,51,54H,13,16-17,19-21H2,1-12H3/t23-,25-,26+,27+,28-,32+,34-,38-,39+,40-,42+,43-,44-/m1/s1. The van der Waals surface area contributed by atoms with Crippen LogP contribution in [0.25, 0.3) is 11.0 Å². The zero-order valence-electron chi connectivity index (χ0n) is 37.3.